The number of carboxylic acid groups (broad SMARTS) is 1. The van der Waals surface area contributed by atoms with E-state index >= 15 is 0 Å². The molecule has 1 aliphatic heterocycles. The number of hydrogen-bond acceptors (Lipinski definition) is 2. The summed E-state index contributed by atoms with van der Waals surface area (Å²) in [5.74, 6) is -2.10. The maximum Gasteiger partial charge on any atom is 0.417 e. The van der Waals surface area contributed by atoms with Gasteiger partial charge < -0.3 is 5.11 Å². The fourth-order valence-electron chi connectivity index (χ4n) is 4.82. The van der Waals surface area contributed by atoms with Gasteiger partial charge in [-0.15, -0.1) is 0 Å². The van der Waals surface area contributed by atoms with Crippen LogP contribution in [-0.2, 0) is 22.8 Å². The molecule has 0 aliphatic carbocycles. The SMILES string of the molecule is CC(C)C1=CN(c2ccc(C(=O)O)c(C(F)(F)F)c2)C(=O)C[C@@]1(C)c1ccc(CCC(C)(C)C)c(Cl)c1. The first-order valence-electron chi connectivity index (χ1n) is 12.2. The van der Waals surface area contributed by atoms with E-state index in [4.69, 9.17) is 11.6 Å². The molecule has 0 aromatic heterocycles. The van der Waals surface area contributed by atoms with Crippen molar-refractivity contribution in [3.05, 3.63) is 75.4 Å². The minimum atomic E-state index is -4.88. The smallest absolute Gasteiger partial charge is 0.417 e. The third-order valence-corrected chi connectivity index (χ3v) is 7.30. The summed E-state index contributed by atoms with van der Waals surface area (Å²) in [6, 6.07) is 8.70. The van der Waals surface area contributed by atoms with Crippen molar-refractivity contribution in [1.82, 2.24) is 0 Å². The summed E-state index contributed by atoms with van der Waals surface area (Å²) in [6.07, 6.45) is -1.47. The molecule has 37 heavy (non-hydrogen) atoms. The van der Waals surface area contributed by atoms with Crippen LogP contribution in [0.2, 0.25) is 5.02 Å². The lowest BCUT2D eigenvalue weighted by molar-refractivity contribution is -0.138. The predicted molar refractivity (Wildman–Crippen MR) is 140 cm³/mol. The van der Waals surface area contributed by atoms with Crippen molar-refractivity contribution in [3.63, 3.8) is 0 Å². The number of carbonyl (C=O) groups is 2. The monoisotopic (exact) mass is 535 g/mol. The highest BCUT2D eigenvalue weighted by molar-refractivity contribution is 6.31. The van der Waals surface area contributed by atoms with Gasteiger partial charge in [0.05, 0.1) is 11.1 Å². The summed E-state index contributed by atoms with van der Waals surface area (Å²) in [4.78, 5) is 25.9. The Morgan fingerprint density at radius 3 is 2.30 bits per heavy atom. The van der Waals surface area contributed by atoms with Crippen LogP contribution in [-0.4, -0.2) is 17.0 Å². The van der Waals surface area contributed by atoms with Gasteiger partial charge in [-0.25, -0.2) is 4.79 Å². The summed E-state index contributed by atoms with van der Waals surface area (Å²) >= 11 is 6.66. The highest BCUT2D eigenvalue weighted by atomic mass is 35.5. The Morgan fingerprint density at radius 2 is 1.78 bits per heavy atom. The van der Waals surface area contributed by atoms with Crippen molar-refractivity contribution in [2.75, 3.05) is 4.90 Å². The molecule has 2 aromatic rings. The maximum atomic E-state index is 13.6. The molecule has 1 atom stereocenters. The number of anilines is 1. The van der Waals surface area contributed by atoms with Gasteiger partial charge in [0.15, 0.2) is 0 Å². The average Bonchev–Trinajstić information content (AvgIpc) is 2.76. The van der Waals surface area contributed by atoms with E-state index in [2.05, 4.69) is 20.8 Å². The molecule has 3 rings (SSSR count). The molecule has 0 saturated carbocycles. The van der Waals surface area contributed by atoms with E-state index < -0.39 is 34.6 Å². The van der Waals surface area contributed by atoms with Crippen molar-refractivity contribution in [3.8, 4) is 0 Å². The van der Waals surface area contributed by atoms with E-state index in [0.717, 1.165) is 41.7 Å². The van der Waals surface area contributed by atoms with Crippen LogP contribution >= 0.6 is 11.6 Å². The standard InChI is InChI=1S/C29H33ClF3NO3/c1-17(2)23-16-34(20-9-10-21(26(36)37)22(14-20)29(31,32)33)25(35)15-28(23,6)19-8-7-18(24(30)13-19)11-12-27(3,4)5/h7-10,13-14,16-17H,11-12,15H2,1-6H3,(H,36,37)/t28-/m0/s1. The second-order valence-corrected chi connectivity index (χ2v) is 11.8. The van der Waals surface area contributed by atoms with Crippen LogP contribution < -0.4 is 4.90 Å². The normalized spacial score (nSPS) is 18.8. The highest BCUT2D eigenvalue weighted by Gasteiger charge is 2.42. The average molecular weight is 536 g/mol. The molecular formula is C29H33ClF3NO3. The number of benzene rings is 2. The Bertz CT molecular complexity index is 1240. The second-order valence-electron chi connectivity index (χ2n) is 11.4. The fourth-order valence-corrected chi connectivity index (χ4v) is 5.10. The van der Waals surface area contributed by atoms with Crippen LogP contribution in [0.4, 0.5) is 18.9 Å². The van der Waals surface area contributed by atoms with Crippen LogP contribution in [0.25, 0.3) is 0 Å². The molecule has 4 nitrogen and oxygen atoms in total. The van der Waals surface area contributed by atoms with Crippen molar-refractivity contribution in [1.29, 1.82) is 0 Å². The Balaban J connectivity index is 2.05. The molecule has 0 spiro atoms. The van der Waals surface area contributed by atoms with Gasteiger partial charge in [-0.2, -0.15) is 13.2 Å². The van der Waals surface area contributed by atoms with E-state index in [1.807, 2.05) is 39.0 Å². The molecule has 0 unspecified atom stereocenters. The number of carbonyl (C=O) groups excluding carboxylic acids is 1. The fraction of sp³-hybridized carbons (Fsp3) is 0.448. The second kappa shape index (κ2) is 10.2. The number of aromatic carboxylic acids is 1. The first kappa shape index (κ1) is 28.8. The van der Waals surface area contributed by atoms with Gasteiger partial charge in [-0.3, -0.25) is 9.69 Å². The molecule has 1 aliphatic rings. The Kier molecular flexibility index (Phi) is 7.90. The Hall–Kier alpha value is -2.80. The predicted octanol–water partition coefficient (Wildman–Crippen LogP) is 8.27. The molecule has 0 fully saturated rings. The third kappa shape index (κ3) is 6.20. The molecule has 8 heteroatoms. The van der Waals surface area contributed by atoms with E-state index in [1.54, 1.807) is 6.20 Å². The van der Waals surface area contributed by atoms with Gasteiger partial charge in [0, 0.05) is 28.7 Å². The van der Waals surface area contributed by atoms with Crippen molar-refractivity contribution >= 4 is 29.2 Å². The van der Waals surface area contributed by atoms with Crippen molar-refractivity contribution < 1.29 is 27.9 Å². The van der Waals surface area contributed by atoms with E-state index in [0.29, 0.717) is 5.02 Å². The van der Waals surface area contributed by atoms with Crippen LogP contribution in [0, 0.1) is 11.3 Å². The number of halogens is 4. The maximum absolute atomic E-state index is 13.6. The molecule has 0 bridgehead atoms. The van der Waals surface area contributed by atoms with Gasteiger partial charge in [0.25, 0.3) is 0 Å². The Morgan fingerprint density at radius 1 is 1.14 bits per heavy atom. The van der Waals surface area contributed by atoms with E-state index in [1.165, 1.54) is 11.0 Å². The summed E-state index contributed by atoms with van der Waals surface area (Å²) < 4.78 is 40.8. The summed E-state index contributed by atoms with van der Waals surface area (Å²) in [6.45, 7) is 12.4. The largest absolute Gasteiger partial charge is 0.478 e. The zero-order valence-electron chi connectivity index (χ0n) is 22.0. The summed E-state index contributed by atoms with van der Waals surface area (Å²) in [5.41, 5.74) is 0.0234. The van der Waals surface area contributed by atoms with Crippen molar-refractivity contribution in [2.24, 2.45) is 11.3 Å². The molecule has 0 saturated heterocycles. The first-order valence-corrected chi connectivity index (χ1v) is 12.6. The number of carboxylic acids is 1. The van der Waals surface area contributed by atoms with Crippen LogP contribution in [0.3, 0.4) is 0 Å². The molecular weight excluding hydrogens is 503 g/mol. The topological polar surface area (TPSA) is 57.6 Å². The molecule has 0 radical (unpaired) electrons. The van der Waals surface area contributed by atoms with Gasteiger partial charge in [-0.05, 0) is 65.1 Å². The van der Waals surface area contributed by atoms with Crippen LogP contribution in [0.1, 0.15) is 81.4 Å². The number of hydrogen-bond donors (Lipinski definition) is 1. The van der Waals surface area contributed by atoms with E-state index in [-0.39, 0.29) is 23.4 Å². The molecule has 1 amide bonds. The zero-order valence-corrected chi connectivity index (χ0v) is 22.7. The highest BCUT2D eigenvalue weighted by Crippen LogP contribution is 2.45. The zero-order chi connectivity index (χ0) is 27.9. The number of allylic oxidation sites excluding steroid dienone is 1. The molecule has 2 aromatic carbocycles. The number of rotatable bonds is 6. The van der Waals surface area contributed by atoms with Crippen LogP contribution in [0.15, 0.2) is 48.2 Å². The Labute approximate surface area is 221 Å². The number of alkyl halides is 3. The quantitative estimate of drug-likeness (QED) is 0.405. The number of aryl methyl sites for hydroxylation is 1. The lowest BCUT2D eigenvalue weighted by Crippen LogP contribution is -2.42. The van der Waals surface area contributed by atoms with Gasteiger partial charge in [-0.1, -0.05) is 65.3 Å². The number of amides is 1. The summed E-state index contributed by atoms with van der Waals surface area (Å²) in [7, 11) is 0. The first-order chi connectivity index (χ1) is 16.9. The van der Waals surface area contributed by atoms with Gasteiger partial charge in [0.1, 0.15) is 0 Å². The minimum Gasteiger partial charge on any atom is -0.478 e. The summed E-state index contributed by atoms with van der Waals surface area (Å²) in [5, 5.41) is 9.83. The lowest BCUT2D eigenvalue weighted by atomic mass is 9.68. The number of nitrogens with zero attached hydrogens (tertiary/aromatic N) is 1. The molecule has 1 heterocycles. The van der Waals surface area contributed by atoms with E-state index in [9.17, 15) is 27.9 Å². The molecule has 200 valence electrons. The van der Waals surface area contributed by atoms with Crippen LogP contribution in [0.5, 0.6) is 0 Å². The minimum absolute atomic E-state index is 0.0245. The van der Waals surface area contributed by atoms with Gasteiger partial charge in [0.2, 0.25) is 5.91 Å². The lowest BCUT2D eigenvalue weighted by Gasteiger charge is -2.41. The van der Waals surface area contributed by atoms with Crippen molar-refractivity contribution in [2.45, 2.75) is 72.4 Å². The third-order valence-electron chi connectivity index (χ3n) is 6.95. The molecule has 1 N–H and O–H groups in total. The van der Waals surface area contributed by atoms with Gasteiger partial charge >= 0.3 is 12.1 Å².